The van der Waals surface area contributed by atoms with Gasteiger partial charge in [0.1, 0.15) is 24.3 Å². The molecule has 0 aromatic heterocycles. The van der Waals surface area contributed by atoms with Crippen LogP contribution in [-0.2, 0) is 4.74 Å². The highest BCUT2D eigenvalue weighted by atomic mass is 35.5. The lowest BCUT2D eigenvalue weighted by Gasteiger charge is -2.33. The van der Waals surface area contributed by atoms with E-state index in [-0.39, 0.29) is 22.6 Å². The molecule has 2 aromatic rings. The summed E-state index contributed by atoms with van der Waals surface area (Å²) in [4.78, 5) is 14.2. The molecule has 0 radical (unpaired) electrons. The number of benzene rings is 2. The minimum Gasteiger partial charge on any atom is -0.491 e. The maximum Gasteiger partial charge on any atom is 0.254 e. The fourth-order valence-electron chi connectivity index (χ4n) is 2.71. The largest absolute Gasteiger partial charge is 0.491 e. The average Bonchev–Trinajstić information content (AvgIpc) is 2.64. The van der Waals surface area contributed by atoms with Gasteiger partial charge in [-0.1, -0.05) is 23.2 Å². The Morgan fingerprint density at radius 2 is 2.04 bits per heavy atom. The number of amides is 1. The van der Waals surface area contributed by atoms with E-state index in [1.54, 1.807) is 17.0 Å². The van der Waals surface area contributed by atoms with Crippen LogP contribution in [0.5, 0.6) is 5.75 Å². The molecule has 7 heteroatoms. The molecule has 1 heterocycles. The van der Waals surface area contributed by atoms with Crippen LogP contribution >= 0.6 is 23.2 Å². The molecule has 1 atom stereocenters. The second kappa shape index (κ2) is 8.25. The molecule has 0 spiro atoms. The molecular weight excluding hydrogens is 380 g/mol. The lowest BCUT2D eigenvalue weighted by Crippen LogP contribution is -2.47. The van der Waals surface area contributed by atoms with Crippen molar-refractivity contribution in [1.82, 2.24) is 4.90 Å². The number of carbonyl (C=O) groups excluding carboxylic acids is 1. The number of hydrogen-bond donors (Lipinski definition) is 0. The predicted octanol–water partition coefficient (Wildman–Crippen LogP) is 4.36. The Morgan fingerprint density at radius 1 is 1.27 bits per heavy atom. The maximum atomic E-state index is 13.6. The van der Waals surface area contributed by atoms with E-state index < -0.39 is 5.82 Å². The quantitative estimate of drug-likeness (QED) is 0.768. The molecule has 0 bridgehead atoms. The Bertz CT molecular complexity index is 815. The average molecular weight is 398 g/mol. The Kier molecular flexibility index (Phi) is 6.01. The molecule has 0 aliphatic carbocycles. The van der Waals surface area contributed by atoms with Crippen LogP contribution in [-0.4, -0.2) is 43.2 Å². The summed E-state index contributed by atoms with van der Waals surface area (Å²) in [6, 6.07) is 9.47. The normalized spacial score (nSPS) is 17.2. The number of halogens is 3. The van der Waals surface area contributed by atoms with E-state index in [9.17, 15) is 9.18 Å². The van der Waals surface area contributed by atoms with E-state index in [1.807, 2.05) is 13.0 Å². The highest BCUT2D eigenvalue weighted by Gasteiger charge is 2.26. The van der Waals surface area contributed by atoms with Crippen LogP contribution in [0.2, 0.25) is 10.0 Å². The Morgan fingerprint density at radius 3 is 2.77 bits per heavy atom. The number of aryl methyl sites for hydroxylation is 1. The van der Waals surface area contributed by atoms with E-state index in [2.05, 4.69) is 0 Å². The number of hydrogen-bond acceptors (Lipinski definition) is 3. The van der Waals surface area contributed by atoms with Crippen molar-refractivity contribution >= 4 is 29.1 Å². The van der Waals surface area contributed by atoms with Crippen molar-refractivity contribution in [1.29, 1.82) is 0 Å². The molecule has 3 rings (SSSR count). The second-order valence-corrected chi connectivity index (χ2v) is 6.91. The minimum atomic E-state index is -0.608. The van der Waals surface area contributed by atoms with E-state index in [0.717, 1.165) is 11.6 Å². The number of rotatable bonds is 4. The van der Waals surface area contributed by atoms with Gasteiger partial charge in [-0.2, -0.15) is 0 Å². The van der Waals surface area contributed by atoms with Gasteiger partial charge in [0, 0.05) is 17.1 Å². The van der Waals surface area contributed by atoms with Gasteiger partial charge in [0.25, 0.3) is 5.91 Å². The van der Waals surface area contributed by atoms with Crippen LogP contribution in [0, 0.1) is 12.7 Å². The second-order valence-electron chi connectivity index (χ2n) is 6.09. The van der Waals surface area contributed by atoms with Crippen molar-refractivity contribution in [2.24, 2.45) is 0 Å². The van der Waals surface area contributed by atoms with E-state index >= 15 is 0 Å². The summed E-state index contributed by atoms with van der Waals surface area (Å²) in [6.07, 6.45) is -0.263. The lowest BCUT2D eigenvalue weighted by molar-refractivity contribution is -0.0401. The molecule has 1 amide bonds. The standard InChI is InChI=1S/C19H18Cl2FNO3/c1-12-8-14(3-5-16(12)20)26-11-15-10-23(6-7-25-15)19(24)13-2-4-17(21)18(22)9-13/h2-5,8-9,15H,6-7,10-11H2,1H3/t15-/m1/s1. The first-order valence-electron chi connectivity index (χ1n) is 8.19. The topological polar surface area (TPSA) is 38.8 Å². The van der Waals surface area contributed by atoms with Crippen LogP contribution < -0.4 is 4.74 Å². The lowest BCUT2D eigenvalue weighted by atomic mass is 10.1. The van der Waals surface area contributed by atoms with Crippen LogP contribution in [0.4, 0.5) is 4.39 Å². The van der Waals surface area contributed by atoms with Gasteiger partial charge < -0.3 is 14.4 Å². The Hall–Kier alpha value is -1.82. The summed E-state index contributed by atoms with van der Waals surface area (Å²) in [5.74, 6) is -0.168. The van der Waals surface area contributed by atoms with Crippen molar-refractivity contribution in [3.63, 3.8) is 0 Å². The van der Waals surface area contributed by atoms with Crippen LogP contribution in [0.25, 0.3) is 0 Å². The smallest absolute Gasteiger partial charge is 0.254 e. The molecule has 0 saturated carbocycles. The molecule has 2 aromatic carbocycles. The molecule has 1 saturated heterocycles. The predicted molar refractivity (Wildman–Crippen MR) is 98.7 cm³/mol. The van der Waals surface area contributed by atoms with Gasteiger partial charge in [-0.25, -0.2) is 4.39 Å². The zero-order chi connectivity index (χ0) is 18.7. The molecule has 26 heavy (non-hydrogen) atoms. The summed E-state index contributed by atoms with van der Waals surface area (Å²) < 4.78 is 25.0. The summed E-state index contributed by atoms with van der Waals surface area (Å²) in [6.45, 7) is 3.42. The highest BCUT2D eigenvalue weighted by Crippen LogP contribution is 2.22. The highest BCUT2D eigenvalue weighted by molar-refractivity contribution is 6.31. The van der Waals surface area contributed by atoms with Gasteiger partial charge in [0.15, 0.2) is 0 Å². The van der Waals surface area contributed by atoms with Crippen molar-refractivity contribution in [3.8, 4) is 5.75 Å². The van der Waals surface area contributed by atoms with Crippen LogP contribution in [0.3, 0.4) is 0 Å². The molecular formula is C19H18Cl2FNO3. The van der Waals surface area contributed by atoms with Crippen LogP contribution in [0.1, 0.15) is 15.9 Å². The number of morpholine rings is 1. The Labute approximate surface area is 161 Å². The van der Waals surface area contributed by atoms with Gasteiger partial charge in [-0.05, 0) is 48.9 Å². The van der Waals surface area contributed by atoms with E-state index in [0.29, 0.717) is 37.1 Å². The third-order valence-electron chi connectivity index (χ3n) is 4.16. The van der Waals surface area contributed by atoms with Gasteiger partial charge >= 0.3 is 0 Å². The fourth-order valence-corrected chi connectivity index (χ4v) is 2.95. The minimum absolute atomic E-state index is 0.00642. The van der Waals surface area contributed by atoms with Crippen molar-refractivity contribution in [2.45, 2.75) is 13.0 Å². The maximum absolute atomic E-state index is 13.6. The third kappa shape index (κ3) is 4.47. The van der Waals surface area contributed by atoms with Crippen molar-refractivity contribution in [3.05, 3.63) is 63.4 Å². The third-order valence-corrected chi connectivity index (χ3v) is 4.89. The molecule has 1 aliphatic rings. The summed E-state index contributed by atoms with van der Waals surface area (Å²) >= 11 is 11.7. The molecule has 0 N–H and O–H groups in total. The summed E-state index contributed by atoms with van der Waals surface area (Å²) in [5, 5.41) is 0.672. The molecule has 138 valence electrons. The van der Waals surface area contributed by atoms with E-state index in [4.69, 9.17) is 32.7 Å². The molecule has 0 unspecified atom stereocenters. The fraction of sp³-hybridized carbons (Fsp3) is 0.316. The zero-order valence-corrected chi connectivity index (χ0v) is 15.7. The van der Waals surface area contributed by atoms with Gasteiger partial charge in [-0.3, -0.25) is 4.79 Å². The van der Waals surface area contributed by atoms with Crippen molar-refractivity contribution < 1.29 is 18.7 Å². The zero-order valence-electron chi connectivity index (χ0n) is 14.2. The molecule has 1 fully saturated rings. The molecule has 1 aliphatic heterocycles. The number of carbonyl (C=O) groups is 1. The number of ether oxygens (including phenoxy) is 2. The van der Waals surface area contributed by atoms with Crippen LogP contribution in [0.15, 0.2) is 36.4 Å². The van der Waals surface area contributed by atoms with Gasteiger partial charge in [0.2, 0.25) is 0 Å². The monoisotopic (exact) mass is 397 g/mol. The molecule has 4 nitrogen and oxygen atoms in total. The van der Waals surface area contributed by atoms with Gasteiger partial charge in [-0.15, -0.1) is 0 Å². The number of nitrogens with zero attached hydrogens (tertiary/aromatic N) is 1. The van der Waals surface area contributed by atoms with Gasteiger partial charge in [0.05, 0.1) is 18.2 Å². The Balaban J connectivity index is 1.60. The SMILES string of the molecule is Cc1cc(OC[C@H]2CN(C(=O)c3ccc(Cl)c(F)c3)CCO2)ccc1Cl. The van der Waals surface area contributed by atoms with E-state index in [1.165, 1.54) is 12.1 Å². The first-order valence-corrected chi connectivity index (χ1v) is 8.94. The summed E-state index contributed by atoms with van der Waals surface area (Å²) in [7, 11) is 0. The first kappa shape index (κ1) is 19.0. The van der Waals surface area contributed by atoms with Crippen molar-refractivity contribution in [2.75, 3.05) is 26.3 Å². The summed E-state index contributed by atoms with van der Waals surface area (Å²) in [5.41, 5.74) is 1.19. The first-order chi connectivity index (χ1) is 12.4.